The number of aromatic amines is 2. The lowest BCUT2D eigenvalue weighted by molar-refractivity contribution is -0.183. The van der Waals surface area contributed by atoms with Crippen LogP contribution in [0.5, 0.6) is 0 Å². The van der Waals surface area contributed by atoms with Crippen LogP contribution < -0.4 is 5.32 Å². The zero-order valence-corrected chi connectivity index (χ0v) is 19.3. The number of alkyl halides is 1. The molecule has 182 valence electrons. The Morgan fingerprint density at radius 3 is 2.78 bits per heavy atom. The van der Waals surface area contributed by atoms with Crippen molar-refractivity contribution in [2.24, 2.45) is 0 Å². The highest BCUT2D eigenvalue weighted by molar-refractivity contribution is 5.83. The highest BCUT2D eigenvalue weighted by Gasteiger charge is 2.56. The number of H-pyrrole nitrogens is 2. The van der Waals surface area contributed by atoms with Crippen molar-refractivity contribution in [3.8, 4) is 0 Å². The van der Waals surface area contributed by atoms with Crippen LogP contribution in [0.2, 0.25) is 0 Å². The Morgan fingerprint density at radius 2 is 1.94 bits per heavy atom. The van der Waals surface area contributed by atoms with Gasteiger partial charge in [0.1, 0.15) is 23.5 Å². The normalized spacial score (nSPS) is 23.1. The first-order chi connectivity index (χ1) is 17.6. The number of halogens is 1. The number of ether oxygens (including phenoxy) is 1. The zero-order valence-electron chi connectivity index (χ0n) is 19.3. The zero-order chi connectivity index (χ0) is 24.7. The molecule has 36 heavy (non-hydrogen) atoms. The summed E-state index contributed by atoms with van der Waals surface area (Å²) in [4.78, 5) is 37.3. The van der Waals surface area contributed by atoms with E-state index in [1.807, 2.05) is 55.5 Å². The summed E-state index contributed by atoms with van der Waals surface area (Å²) >= 11 is 0. The molecule has 0 radical (unpaired) electrons. The lowest BCUT2D eigenvalue weighted by atomic mass is 9.73. The van der Waals surface area contributed by atoms with Crippen molar-refractivity contribution in [2.75, 3.05) is 11.9 Å². The maximum atomic E-state index is 15.6. The van der Waals surface area contributed by atoms with Gasteiger partial charge in [0, 0.05) is 5.56 Å². The Hall–Kier alpha value is -4.38. The van der Waals surface area contributed by atoms with E-state index in [1.54, 1.807) is 12.7 Å². The number of nitrogens with one attached hydrogen (secondary N) is 3. The van der Waals surface area contributed by atoms with Crippen LogP contribution in [0.3, 0.4) is 0 Å². The van der Waals surface area contributed by atoms with E-state index in [2.05, 4.69) is 35.2 Å². The second kappa shape index (κ2) is 8.68. The van der Waals surface area contributed by atoms with E-state index in [-0.39, 0.29) is 6.61 Å². The van der Waals surface area contributed by atoms with E-state index in [4.69, 9.17) is 4.74 Å². The number of benzene rings is 2. The molecule has 4 unspecified atom stereocenters. The summed E-state index contributed by atoms with van der Waals surface area (Å²) in [5, 5.41) is 3.40. The molecule has 1 aliphatic heterocycles. The predicted octanol–water partition coefficient (Wildman–Crippen LogP) is 3.13. The van der Waals surface area contributed by atoms with Gasteiger partial charge in [0.05, 0.1) is 36.3 Å². The van der Waals surface area contributed by atoms with E-state index in [9.17, 15) is 4.79 Å². The second-order valence-corrected chi connectivity index (χ2v) is 8.69. The third-order valence-corrected chi connectivity index (χ3v) is 6.76. The summed E-state index contributed by atoms with van der Waals surface area (Å²) in [6.45, 7) is 1.64. The van der Waals surface area contributed by atoms with Crippen LogP contribution in [0.4, 0.5) is 10.2 Å². The number of aromatic nitrogens is 6. The van der Waals surface area contributed by atoms with Crippen molar-refractivity contribution in [2.45, 2.75) is 30.9 Å². The molecule has 5 aromatic rings. The summed E-state index contributed by atoms with van der Waals surface area (Å²) in [5.74, 6) is 0.522. The van der Waals surface area contributed by atoms with Crippen LogP contribution in [-0.4, -0.2) is 66.3 Å². The monoisotopic (exact) mass is 486 g/mol. The molecule has 1 amide bonds. The van der Waals surface area contributed by atoms with E-state index in [0.29, 0.717) is 40.0 Å². The number of fused-ring (bicyclic) bond motifs is 2. The maximum absolute atomic E-state index is 15.6. The van der Waals surface area contributed by atoms with E-state index in [0.717, 1.165) is 5.52 Å². The molecule has 1 saturated heterocycles. The van der Waals surface area contributed by atoms with E-state index < -0.39 is 24.0 Å². The van der Waals surface area contributed by atoms with Crippen LogP contribution in [0.1, 0.15) is 18.1 Å². The first-order valence-electron chi connectivity index (χ1n) is 11.5. The van der Waals surface area contributed by atoms with Gasteiger partial charge in [0.15, 0.2) is 17.8 Å². The van der Waals surface area contributed by atoms with Gasteiger partial charge in [-0.05, 0) is 18.6 Å². The standard InChI is InChI=1S/C25H23FN8O2/c1-15(33-24-21-23(30-12-29-21)31-13-32-24)22-25(16-6-3-2-4-7-16,34(14-35)19(26)10-36-22)17-8-5-9-18-20(17)28-11-27-18/h2-9,11-15,19,22H,10H2,1H3,(H,27,28)(H2,29,30,31,32,33). The van der Waals surface area contributed by atoms with E-state index >= 15 is 4.39 Å². The number of hydrogen-bond donors (Lipinski definition) is 3. The van der Waals surface area contributed by atoms with Crippen molar-refractivity contribution in [1.82, 2.24) is 34.8 Å². The van der Waals surface area contributed by atoms with Crippen molar-refractivity contribution in [3.05, 3.63) is 78.6 Å². The van der Waals surface area contributed by atoms with Crippen LogP contribution >= 0.6 is 0 Å². The number of imidazole rings is 2. The minimum atomic E-state index is -1.67. The highest BCUT2D eigenvalue weighted by Crippen LogP contribution is 2.47. The van der Waals surface area contributed by atoms with Crippen LogP contribution in [-0.2, 0) is 15.1 Å². The van der Waals surface area contributed by atoms with Gasteiger partial charge in [0.2, 0.25) is 6.41 Å². The molecule has 0 bridgehead atoms. The number of carbonyl (C=O) groups is 1. The minimum Gasteiger partial charge on any atom is -0.368 e. The molecule has 0 saturated carbocycles. The maximum Gasteiger partial charge on any atom is 0.213 e. The first kappa shape index (κ1) is 22.1. The van der Waals surface area contributed by atoms with Gasteiger partial charge in [-0.3, -0.25) is 9.69 Å². The van der Waals surface area contributed by atoms with Gasteiger partial charge in [0.25, 0.3) is 0 Å². The van der Waals surface area contributed by atoms with Crippen LogP contribution in [0, 0.1) is 0 Å². The van der Waals surface area contributed by atoms with E-state index in [1.165, 1.54) is 11.2 Å². The number of morpholine rings is 1. The van der Waals surface area contributed by atoms with Gasteiger partial charge in [-0.15, -0.1) is 0 Å². The molecule has 0 aliphatic carbocycles. The number of carbonyl (C=O) groups excluding carboxylic acids is 1. The summed E-state index contributed by atoms with van der Waals surface area (Å²) < 4.78 is 21.8. The SMILES string of the molecule is CC(Nc1ncnc2nc[nH]c12)C1OCC(F)N(C=O)C1(c1ccccc1)c1cccc2[nH]cnc12. The molecule has 2 aromatic carbocycles. The minimum absolute atomic E-state index is 0.274. The fourth-order valence-electron chi connectivity index (χ4n) is 5.30. The summed E-state index contributed by atoms with van der Waals surface area (Å²) in [5.41, 5.74) is 2.54. The fourth-order valence-corrected chi connectivity index (χ4v) is 5.30. The molecule has 11 heteroatoms. The molecule has 1 aliphatic rings. The molecular weight excluding hydrogens is 463 g/mol. The highest BCUT2D eigenvalue weighted by atomic mass is 19.1. The summed E-state index contributed by atoms with van der Waals surface area (Å²) in [6, 6.07) is 14.5. The smallest absolute Gasteiger partial charge is 0.213 e. The van der Waals surface area contributed by atoms with Gasteiger partial charge >= 0.3 is 0 Å². The number of amides is 1. The number of hydrogen-bond acceptors (Lipinski definition) is 7. The average molecular weight is 487 g/mol. The fraction of sp³-hybridized carbons (Fsp3) is 0.240. The van der Waals surface area contributed by atoms with Gasteiger partial charge in [-0.2, -0.15) is 0 Å². The number of para-hydroxylation sites is 1. The molecule has 6 rings (SSSR count). The Morgan fingerprint density at radius 1 is 1.11 bits per heavy atom. The summed E-state index contributed by atoms with van der Waals surface area (Å²) in [7, 11) is 0. The Bertz CT molecular complexity index is 1520. The Balaban J connectivity index is 1.58. The van der Waals surface area contributed by atoms with Gasteiger partial charge in [-0.25, -0.2) is 24.3 Å². The Kier molecular flexibility index (Phi) is 5.33. The van der Waals surface area contributed by atoms with Crippen molar-refractivity contribution in [3.63, 3.8) is 0 Å². The van der Waals surface area contributed by atoms with Gasteiger partial charge < -0.3 is 20.0 Å². The number of anilines is 1. The lowest BCUT2D eigenvalue weighted by Gasteiger charge is -2.53. The van der Waals surface area contributed by atoms with Gasteiger partial charge in [-0.1, -0.05) is 42.5 Å². The molecule has 4 atom stereocenters. The first-order valence-corrected chi connectivity index (χ1v) is 11.5. The molecule has 3 N–H and O–H groups in total. The average Bonchev–Trinajstić information content (AvgIpc) is 3.59. The third-order valence-electron chi connectivity index (χ3n) is 6.76. The van der Waals surface area contributed by atoms with Crippen molar-refractivity contribution >= 4 is 34.4 Å². The molecule has 10 nitrogen and oxygen atoms in total. The number of rotatable bonds is 6. The molecular formula is C25H23FN8O2. The predicted molar refractivity (Wildman–Crippen MR) is 131 cm³/mol. The third kappa shape index (κ3) is 3.23. The molecule has 1 fully saturated rings. The second-order valence-electron chi connectivity index (χ2n) is 8.69. The quantitative estimate of drug-likeness (QED) is 0.249. The van der Waals surface area contributed by atoms with Crippen molar-refractivity contribution in [1.29, 1.82) is 0 Å². The topological polar surface area (TPSA) is 125 Å². The number of nitrogens with zero attached hydrogens (tertiary/aromatic N) is 5. The Labute approximate surface area is 205 Å². The molecule has 3 aromatic heterocycles. The van der Waals surface area contributed by atoms with Crippen molar-refractivity contribution < 1.29 is 13.9 Å². The lowest BCUT2D eigenvalue weighted by Crippen LogP contribution is -2.66. The largest absolute Gasteiger partial charge is 0.368 e. The van der Waals surface area contributed by atoms with Crippen LogP contribution in [0.15, 0.2) is 67.5 Å². The van der Waals surface area contributed by atoms with Crippen LogP contribution in [0.25, 0.3) is 22.2 Å². The molecule has 4 heterocycles. The molecule has 0 spiro atoms. The summed E-state index contributed by atoms with van der Waals surface area (Å²) in [6.07, 6.45) is 2.71.